The summed E-state index contributed by atoms with van der Waals surface area (Å²) in [6.07, 6.45) is 0. The van der Waals surface area contributed by atoms with Gasteiger partial charge in [-0.05, 0) is 18.2 Å². The molecule has 0 unspecified atom stereocenters. The van der Waals surface area contributed by atoms with Crippen LogP contribution in [0.25, 0.3) is 11.0 Å². The smallest absolute Gasteiger partial charge is 0.338 e. The summed E-state index contributed by atoms with van der Waals surface area (Å²) in [6.45, 7) is 0. The van der Waals surface area contributed by atoms with Crippen LogP contribution in [0.3, 0.4) is 0 Å². The van der Waals surface area contributed by atoms with Crippen LogP contribution < -0.4 is 10.9 Å². The largest absolute Gasteiger partial charge is 0.423 e. The van der Waals surface area contributed by atoms with Crippen molar-refractivity contribution in [3.8, 4) is 0 Å². The molecule has 2 aromatic carbocycles. The Kier molecular flexibility index (Phi) is 3.12. The molecule has 6 heteroatoms. The maximum Gasteiger partial charge on any atom is 0.338 e. The number of anilines is 2. The van der Waals surface area contributed by atoms with Gasteiger partial charge in [-0.15, -0.1) is 0 Å². The average molecular weight is 282 g/mol. The van der Waals surface area contributed by atoms with E-state index < -0.39 is 10.5 Å². The summed E-state index contributed by atoms with van der Waals surface area (Å²) in [4.78, 5) is 21.9. The van der Waals surface area contributed by atoms with Crippen molar-refractivity contribution in [2.24, 2.45) is 0 Å². The van der Waals surface area contributed by atoms with Gasteiger partial charge in [-0.2, -0.15) is 0 Å². The SMILES string of the molecule is O=c1cc(Nc2cccc([N+](=O)[O-])c2)c2ccccc2o1. The Morgan fingerprint density at radius 1 is 1.05 bits per heavy atom. The predicted octanol–water partition coefficient (Wildman–Crippen LogP) is 3.44. The van der Waals surface area contributed by atoms with E-state index in [2.05, 4.69) is 5.32 Å². The van der Waals surface area contributed by atoms with Gasteiger partial charge < -0.3 is 9.73 Å². The van der Waals surface area contributed by atoms with E-state index in [1.165, 1.54) is 18.2 Å². The number of hydrogen-bond acceptors (Lipinski definition) is 5. The number of para-hydroxylation sites is 1. The highest BCUT2D eigenvalue weighted by Crippen LogP contribution is 2.26. The molecule has 3 aromatic rings. The summed E-state index contributed by atoms with van der Waals surface area (Å²) in [5.41, 5.74) is 1.02. The molecule has 0 amide bonds. The molecule has 0 aliphatic carbocycles. The van der Waals surface area contributed by atoms with Crippen molar-refractivity contribution in [2.75, 3.05) is 5.32 Å². The van der Waals surface area contributed by atoms with Gasteiger partial charge in [-0.3, -0.25) is 10.1 Å². The van der Waals surface area contributed by atoms with Crippen LogP contribution in [0.1, 0.15) is 0 Å². The number of non-ortho nitro benzene ring substituents is 1. The zero-order valence-electron chi connectivity index (χ0n) is 10.8. The fourth-order valence-electron chi connectivity index (χ4n) is 2.07. The standard InChI is InChI=1S/C15H10N2O4/c18-15-9-13(12-6-1-2-7-14(12)21-15)16-10-4-3-5-11(8-10)17(19)20/h1-9,16H. The van der Waals surface area contributed by atoms with Gasteiger partial charge in [0.25, 0.3) is 5.69 Å². The lowest BCUT2D eigenvalue weighted by atomic mass is 10.2. The van der Waals surface area contributed by atoms with Gasteiger partial charge in [-0.1, -0.05) is 18.2 Å². The van der Waals surface area contributed by atoms with Crippen LogP contribution in [-0.2, 0) is 0 Å². The fraction of sp³-hybridized carbons (Fsp3) is 0. The molecule has 1 aromatic heterocycles. The minimum atomic E-state index is -0.485. The second kappa shape index (κ2) is 5.09. The van der Waals surface area contributed by atoms with Crippen molar-refractivity contribution in [2.45, 2.75) is 0 Å². The van der Waals surface area contributed by atoms with Crippen molar-refractivity contribution >= 4 is 28.0 Å². The van der Waals surface area contributed by atoms with Crippen molar-refractivity contribution in [1.82, 2.24) is 0 Å². The minimum Gasteiger partial charge on any atom is -0.423 e. The Labute approximate surface area is 118 Å². The predicted molar refractivity (Wildman–Crippen MR) is 78.9 cm³/mol. The first kappa shape index (κ1) is 12.9. The summed E-state index contributed by atoms with van der Waals surface area (Å²) in [7, 11) is 0. The van der Waals surface area contributed by atoms with E-state index in [1.54, 1.807) is 30.3 Å². The molecule has 0 spiro atoms. The van der Waals surface area contributed by atoms with Gasteiger partial charge in [0.05, 0.1) is 10.6 Å². The Bertz CT molecular complexity index is 886. The van der Waals surface area contributed by atoms with Gasteiger partial charge in [-0.25, -0.2) is 4.79 Å². The maximum absolute atomic E-state index is 11.6. The van der Waals surface area contributed by atoms with E-state index in [-0.39, 0.29) is 5.69 Å². The van der Waals surface area contributed by atoms with Crippen LogP contribution in [-0.4, -0.2) is 4.92 Å². The van der Waals surface area contributed by atoms with Crippen LogP contribution in [0.5, 0.6) is 0 Å². The molecule has 0 saturated carbocycles. The van der Waals surface area contributed by atoms with Gasteiger partial charge in [0.2, 0.25) is 0 Å². The number of benzene rings is 2. The third-order valence-electron chi connectivity index (χ3n) is 2.99. The molecule has 0 saturated heterocycles. The second-order valence-electron chi connectivity index (χ2n) is 4.41. The molecule has 1 heterocycles. The third kappa shape index (κ3) is 2.59. The molecule has 0 aliphatic rings. The Balaban J connectivity index is 2.08. The number of hydrogen-bond donors (Lipinski definition) is 1. The third-order valence-corrected chi connectivity index (χ3v) is 2.99. The second-order valence-corrected chi connectivity index (χ2v) is 4.41. The van der Waals surface area contributed by atoms with Crippen molar-refractivity contribution < 1.29 is 9.34 Å². The Morgan fingerprint density at radius 2 is 1.86 bits per heavy atom. The molecular formula is C15H10N2O4. The van der Waals surface area contributed by atoms with Crippen LogP contribution in [0.15, 0.2) is 63.8 Å². The monoisotopic (exact) mass is 282 g/mol. The first-order chi connectivity index (χ1) is 10.1. The van der Waals surface area contributed by atoms with E-state index in [0.29, 0.717) is 17.0 Å². The van der Waals surface area contributed by atoms with Gasteiger partial charge in [0, 0.05) is 29.3 Å². The number of nitro groups is 1. The van der Waals surface area contributed by atoms with Gasteiger partial charge in [0.15, 0.2) is 0 Å². The molecule has 0 atom stereocenters. The van der Waals surface area contributed by atoms with Crippen LogP contribution in [0.4, 0.5) is 17.1 Å². The normalized spacial score (nSPS) is 10.5. The highest BCUT2D eigenvalue weighted by Gasteiger charge is 2.08. The molecule has 0 aliphatic heterocycles. The van der Waals surface area contributed by atoms with Crippen LogP contribution in [0, 0.1) is 10.1 Å². The fourth-order valence-corrected chi connectivity index (χ4v) is 2.07. The topological polar surface area (TPSA) is 85.4 Å². The van der Waals surface area contributed by atoms with Gasteiger partial charge >= 0.3 is 5.63 Å². The molecule has 104 valence electrons. The lowest BCUT2D eigenvalue weighted by Crippen LogP contribution is -2.01. The van der Waals surface area contributed by atoms with E-state index in [4.69, 9.17) is 4.42 Å². The first-order valence-electron chi connectivity index (χ1n) is 6.18. The average Bonchev–Trinajstić information content (AvgIpc) is 2.47. The Morgan fingerprint density at radius 3 is 2.67 bits per heavy atom. The van der Waals surface area contributed by atoms with Crippen LogP contribution in [0.2, 0.25) is 0 Å². The maximum atomic E-state index is 11.6. The quantitative estimate of drug-likeness (QED) is 0.452. The molecule has 3 rings (SSSR count). The lowest BCUT2D eigenvalue weighted by Gasteiger charge is -2.08. The molecule has 6 nitrogen and oxygen atoms in total. The van der Waals surface area contributed by atoms with E-state index in [9.17, 15) is 14.9 Å². The van der Waals surface area contributed by atoms with Crippen molar-refractivity contribution in [3.05, 3.63) is 75.1 Å². The molecule has 0 fully saturated rings. The number of nitro benzene ring substituents is 1. The number of nitrogens with zero attached hydrogens (tertiary/aromatic N) is 1. The summed E-state index contributed by atoms with van der Waals surface area (Å²) < 4.78 is 5.10. The van der Waals surface area contributed by atoms with Gasteiger partial charge in [0.1, 0.15) is 5.58 Å². The summed E-state index contributed by atoms with van der Waals surface area (Å²) in [6, 6.07) is 14.5. The lowest BCUT2D eigenvalue weighted by molar-refractivity contribution is -0.384. The highest BCUT2D eigenvalue weighted by molar-refractivity contribution is 5.91. The minimum absolute atomic E-state index is 0.0210. The molecule has 1 N–H and O–H groups in total. The van der Waals surface area contributed by atoms with Crippen LogP contribution >= 0.6 is 0 Å². The highest BCUT2D eigenvalue weighted by atomic mass is 16.6. The number of rotatable bonds is 3. The molecule has 0 bridgehead atoms. The Hall–Kier alpha value is -3.15. The summed E-state index contributed by atoms with van der Waals surface area (Å²) in [5.74, 6) is 0. The molecular weight excluding hydrogens is 272 g/mol. The first-order valence-corrected chi connectivity index (χ1v) is 6.18. The summed E-state index contributed by atoms with van der Waals surface area (Å²) >= 11 is 0. The summed E-state index contributed by atoms with van der Waals surface area (Å²) in [5, 5.41) is 14.5. The van der Waals surface area contributed by atoms with E-state index in [1.807, 2.05) is 6.07 Å². The van der Waals surface area contributed by atoms with Crippen molar-refractivity contribution in [1.29, 1.82) is 0 Å². The molecule has 0 radical (unpaired) electrons. The zero-order valence-corrected chi connectivity index (χ0v) is 10.8. The number of nitrogens with one attached hydrogen (secondary N) is 1. The number of fused-ring (bicyclic) bond motifs is 1. The van der Waals surface area contributed by atoms with E-state index in [0.717, 1.165) is 5.39 Å². The van der Waals surface area contributed by atoms with E-state index >= 15 is 0 Å². The molecule has 21 heavy (non-hydrogen) atoms. The van der Waals surface area contributed by atoms with Crippen molar-refractivity contribution in [3.63, 3.8) is 0 Å². The zero-order chi connectivity index (χ0) is 14.8.